The molecule has 1 atom stereocenters. The van der Waals surface area contributed by atoms with Crippen molar-refractivity contribution < 1.29 is 9.47 Å². The first kappa shape index (κ1) is 20.0. The average molecular weight is 374 g/mol. The molecule has 5 heteroatoms. The Bertz CT molecular complexity index is 651. The number of nitrogens with one attached hydrogen (secondary N) is 2. The smallest absolute Gasteiger partial charge is 0.191 e. The van der Waals surface area contributed by atoms with E-state index in [2.05, 4.69) is 47.7 Å². The molecular weight excluding hydrogens is 338 g/mol. The van der Waals surface area contributed by atoms with Gasteiger partial charge in [-0.3, -0.25) is 4.99 Å². The van der Waals surface area contributed by atoms with Crippen LogP contribution < -0.4 is 15.4 Å². The van der Waals surface area contributed by atoms with Crippen LogP contribution in [0.4, 0.5) is 0 Å². The average Bonchev–Trinajstić information content (AvgIpc) is 3.11. The third kappa shape index (κ3) is 4.95. The molecule has 1 fully saturated rings. The minimum Gasteiger partial charge on any atom is -0.487 e. The van der Waals surface area contributed by atoms with Crippen LogP contribution in [0.25, 0.3) is 0 Å². The van der Waals surface area contributed by atoms with Gasteiger partial charge in [-0.1, -0.05) is 31.0 Å². The van der Waals surface area contributed by atoms with Crippen LogP contribution in [0.1, 0.15) is 64.0 Å². The molecule has 2 N–H and O–H groups in total. The van der Waals surface area contributed by atoms with Crippen molar-refractivity contribution in [2.24, 2.45) is 10.4 Å². The lowest BCUT2D eigenvalue weighted by Gasteiger charge is -2.38. The molecule has 0 aromatic heterocycles. The van der Waals surface area contributed by atoms with Gasteiger partial charge in [0.1, 0.15) is 11.4 Å². The molecule has 1 saturated carbocycles. The highest BCUT2D eigenvalue weighted by Crippen LogP contribution is 2.41. The number of fused-ring (bicyclic) bond motifs is 1. The van der Waals surface area contributed by atoms with Crippen LogP contribution in [0.15, 0.2) is 29.3 Å². The Morgan fingerprint density at radius 1 is 1.26 bits per heavy atom. The van der Waals surface area contributed by atoms with E-state index >= 15 is 0 Å². The SMILES string of the molecule is CN=C(NCC1(CCOC)CCCC1)NC1CC(C)(C)Oc2ccccc21. The van der Waals surface area contributed by atoms with Crippen molar-refractivity contribution in [3.05, 3.63) is 29.8 Å². The van der Waals surface area contributed by atoms with E-state index < -0.39 is 0 Å². The summed E-state index contributed by atoms with van der Waals surface area (Å²) in [5.41, 5.74) is 1.34. The molecule has 1 aromatic rings. The van der Waals surface area contributed by atoms with Crippen LogP contribution in [0.2, 0.25) is 0 Å². The second-order valence-corrected chi connectivity index (χ2v) is 8.68. The summed E-state index contributed by atoms with van der Waals surface area (Å²) in [5.74, 6) is 1.84. The van der Waals surface area contributed by atoms with Gasteiger partial charge in [-0.2, -0.15) is 0 Å². The van der Waals surface area contributed by atoms with Crippen molar-refractivity contribution in [2.75, 3.05) is 27.3 Å². The third-order valence-electron chi connectivity index (χ3n) is 6.04. The molecule has 0 radical (unpaired) electrons. The molecule has 1 unspecified atom stereocenters. The van der Waals surface area contributed by atoms with Gasteiger partial charge >= 0.3 is 0 Å². The first-order chi connectivity index (χ1) is 13.0. The van der Waals surface area contributed by atoms with E-state index in [9.17, 15) is 0 Å². The summed E-state index contributed by atoms with van der Waals surface area (Å²) in [4.78, 5) is 4.50. The molecule has 5 nitrogen and oxygen atoms in total. The van der Waals surface area contributed by atoms with Gasteiger partial charge in [-0.15, -0.1) is 0 Å². The predicted molar refractivity (Wildman–Crippen MR) is 110 cm³/mol. The molecule has 27 heavy (non-hydrogen) atoms. The quantitative estimate of drug-likeness (QED) is 0.583. The first-order valence-electron chi connectivity index (χ1n) is 10.2. The molecule has 1 aromatic carbocycles. The minimum absolute atomic E-state index is 0.189. The number of benzene rings is 1. The number of para-hydroxylation sites is 1. The van der Waals surface area contributed by atoms with E-state index in [1.54, 1.807) is 7.11 Å². The van der Waals surface area contributed by atoms with Gasteiger partial charge in [0.2, 0.25) is 0 Å². The molecule has 0 amide bonds. The van der Waals surface area contributed by atoms with Gasteiger partial charge in [-0.25, -0.2) is 0 Å². The van der Waals surface area contributed by atoms with E-state index in [0.29, 0.717) is 5.41 Å². The summed E-state index contributed by atoms with van der Waals surface area (Å²) in [6.45, 7) is 6.07. The highest BCUT2D eigenvalue weighted by molar-refractivity contribution is 5.80. The van der Waals surface area contributed by atoms with Crippen molar-refractivity contribution in [3.8, 4) is 5.75 Å². The maximum atomic E-state index is 6.15. The number of hydrogen-bond acceptors (Lipinski definition) is 3. The van der Waals surface area contributed by atoms with Crippen LogP contribution in [-0.2, 0) is 4.74 Å². The van der Waals surface area contributed by atoms with Gasteiger partial charge < -0.3 is 20.1 Å². The lowest BCUT2D eigenvalue weighted by Crippen LogP contribution is -2.47. The second kappa shape index (κ2) is 8.51. The standard InChI is InChI=1S/C22H35N3O2/c1-21(2)15-18(17-9-5-6-10-19(17)27-21)25-20(23-3)24-16-22(13-14-26-4)11-7-8-12-22/h5-6,9-10,18H,7-8,11-16H2,1-4H3,(H2,23,24,25). The Labute approximate surface area is 163 Å². The number of methoxy groups -OCH3 is 1. The summed E-state index contributed by atoms with van der Waals surface area (Å²) >= 11 is 0. The van der Waals surface area contributed by atoms with Crippen molar-refractivity contribution in [3.63, 3.8) is 0 Å². The van der Waals surface area contributed by atoms with Crippen LogP contribution >= 0.6 is 0 Å². The molecule has 1 aliphatic carbocycles. The Kier molecular flexibility index (Phi) is 6.30. The predicted octanol–water partition coefficient (Wildman–Crippen LogP) is 4.05. The highest BCUT2D eigenvalue weighted by atomic mass is 16.5. The fraction of sp³-hybridized carbons (Fsp3) is 0.682. The number of aliphatic imine (C=N–C) groups is 1. The summed E-state index contributed by atoms with van der Waals surface area (Å²) in [5, 5.41) is 7.25. The number of rotatable bonds is 6. The van der Waals surface area contributed by atoms with Crippen molar-refractivity contribution >= 4 is 5.96 Å². The van der Waals surface area contributed by atoms with Crippen molar-refractivity contribution in [2.45, 2.75) is 64.0 Å². The molecule has 0 bridgehead atoms. The first-order valence-corrected chi connectivity index (χ1v) is 10.2. The van der Waals surface area contributed by atoms with E-state index in [-0.39, 0.29) is 11.6 Å². The summed E-state index contributed by atoms with van der Waals surface area (Å²) in [6, 6.07) is 8.49. The molecular formula is C22H35N3O2. The van der Waals surface area contributed by atoms with E-state index in [1.165, 1.54) is 31.2 Å². The fourth-order valence-electron chi connectivity index (χ4n) is 4.52. The van der Waals surface area contributed by atoms with Gasteiger partial charge in [0.05, 0.1) is 6.04 Å². The van der Waals surface area contributed by atoms with E-state index in [4.69, 9.17) is 9.47 Å². The van der Waals surface area contributed by atoms with Gasteiger partial charge in [0.25, 0.3) is 0 Å². The Morgan fingerprint density at radius 2 is 2.00 bits per heavy atom. The topological polar surface area (TPSA) is 54.9 Å². The summed E-state index contributed by atoms with van der Waals surface area (Å²) in [6.07, 6.45) is 7.19. The maximum absolute atomic E-state index is 6.15. The molecule has 0 spiro atoms. The molecule has 150 valence electrons. The van der Waals surface area contributed by atoms with Gasteiger partial charge in [-0.05, 0) is 44.6 Å². The van der Waals surface area contributed by atoms with Crippen molar-refractivity contribution in [1.82, 2.24) is 10.6 Å². The maximum Gasteiger partial charge on any atom is 0.191 e. The molecule has 1 heterocycles. The Morgan fingerprint density at radius 3 is 2.70 bits per heavy atom. The highest BCUT2D eigenvalue weighted by Gasteiger charge is 2.36. The zero-order chi connectivity index (χ0) is 19.3. The Hall–Kier alpha value is -1.75. The van der Waals surface area contributed by atoms with E-state index in [0.717, 1.165) is 37.7 Å². The monoisotopic (exact) mass is 373 g/mol. The number of hydrogen-bond donors (Lipinski definition) is 2. The number of nitrogens with zero attached hydrogens (tertiary/aromatic N) is 1. The minimum atomic E-state index is -0.198. The number of guanidine groups is 1. The van der Waals surface area contributed by atoms with Gasteiger partial charge in [0, 0.05) is 39.3 Å². The van der Waals surface area contributed by atoms with Crippen LogP contribution in [-0.4, -0.2) is 38.9 Å². The molecule has 3 rings (SSSR count). The van der Waals surface area contributed by atoms with Crippen LogP contribution in [0.5, 0.6) is 5.75 Å². The largest absolute Gasteiger partial charge is 0.487 e. The molecule has 0 saturated heterocycles. The zero-order valence-corrected chi connectivity index (χ0v) is 17.3. The van der Waals surface area contributed by atoms with Crippen LogP contribution in [0, 0.1) is 5.41 Å². The Balaban J connectivity index is 1.67. The van der Waals surface area contributed by atoms with Gasteiger partial charge in [0.15, 0.2) is 5.96 Å². The molecule has 1 aliphatic heterocycles. The lowest BCUT2D eigenvalue weighted by atomic mass is 9.83. The van der Waals surface area contributed by atoms with E-state index in [1.807, 2.05) is 13.1 Å². The van der Waals surface area contributed by atoms with Crippen LogP contribution in [0.3, 0.4) is 0 Å². The summed E-state index contributed by atoms with van der Waals surface area (Å²) in [7, 11) is 3.64. The number of ether oxygens (including phenoxy) is 2. The fourth-order valence-corrected chi connectivity index (χ4v) is 4.52. The normalized spacial score (nSPS) is 23.4. The second-order valence-electron chi connectivity index (χ2n) is 8.68. The third-order valence-corrected chi connectivity index (χ3v) is 6.04. The zero-order valence-electron chi connectivity index (χ0n) is 17.3. The lowest BCUT2D eigenvalue weighted by molar-refractivity contribution is 0.0693. The summed E-state index contributed by atoms with van der Waals surface area (Å²) < 4.78 is 11.5. The van der Waals surface area contributed by atoms with Crippen molar-refractivity contribution in [1.29, 1.82) is 0 Å². The molecule has 2 aliphatic rings.